The summed E-state index contributed by atoms with van der Waals surface area (Å²) in [4.78, 5) is 17.9. The summed E-state index contributed by atoms with van der Waals surface area (Å²) >= 11 is 6.00. The first-order valence-electron chi connectivity index (χ1n) is 8.75. The smallest absolute Gasteiger partial charge is 0.256 e. The van der Waals surface area contributed by atoms with Gasteiger partial charge in [0.25, 0.3) is 5.91 Å². The first kappa shape index (κ1) is 18.1. The Morgan fingerprint density at radius 2 is 1.75 bits per heavy atom. The number of carbonyl (C=O) groups is 1. The zero-order chi connectivity index (χ0) is 19.7. The van der Waals surface area contributed by atoms with Gasteiger partial charge in [-0.3, -0.25) is 4.79 Å². The van der Waals surface area contributed by atoms with Crippen molar-refractivity contribution in [1.82, 2.24) is 4.98 Å². The van der Waals surface area contributed by atoms with E-state index in [9.17, 15) is 9.18 Å². The van der Waals surface area contributed by atoms with Crippen LogP contribution in [-0.4, -0.2) is 10.9 Å². The molecule has 28 heavy (non-hydrogen) atoms. The van der Waals surface area contributed by atoms with Crippen LogP contribution >= 0.6 is 11.6 Å². The van der Waals surface area contributed by atoms with Gasteiger partial charge in [0.05, 0.1) is 16.8 Å². The number of nitrogens with zero attached hydrogens (tertiary/aromatic N) is 1. The maximum Gasteiger partial charge on any atom is 0.256 e. The lowest BCUT2D eigenvalue weighted by Crippen LogP contribution is -2.15. The standard InChI is InChI=1S/C23H16ClFN2O/c1-14-21(23(28)26-18-6-4-5-17(25)13-18)19-7-2-3-8-20(19)27-22(14)15-9-11-16(24)12-10-15/h2-13H,1H3,(H,26,28). The third-order valence-electron chi connectivity index (χ3n) is 4.56. The lowest BCUT2D eigenvalue weighted by Gasteiger charge is -2.15. The molecule has 3 nitrogen and oxygen atoms in total. The second-order valence-electron chi connectivity index (χ2n) is 6.45. The van der Waals surface area contributed by atoms with E-state index in [0.29, 0.717) is 27.5 Å². The normalized spacial score (nSPS) is 10.8. The summed E-state index contributed by atoms with van der Waals surface area (Å²) in [6.07, 6.45) is 0. The van der Waals surface area contributed by atoms with Gasteiger partial charge in [-0.25, -0.2) is 9.37 Å². The van der Waals surface area contributed by atoms with Gasteiger partial charge in [0.2, 0.25) is 0 Å². The van der Waals surface area contributed by atoms with Crippen LogP contribution in [0.15, 0.2) is 72.8 Å². The van der Waals surface area contributed by atoms with Crippen LogP contribution in [-0.2, 0) is 0 Å². The molecule has 4 aromatic rings. The molecule has 0 aliphatic carbocycles. The molecule has 0 bridgehead atoms. The van der Waals surface area contributed by atoms with E-state index >= 15 is 0 Å². The van der Waals surface area contributed by atoms with Gasteiger partial charge in [-0.2, -0.15) is 0 Å². The number of aromatic nitrogens is 1. The predicted octanol–water partition coefficient (Wildman–Crippen LogP) is 6.26. The Balaban J connectivity index is 1.87. The number of para-hydroxylation sites is 1. The molecule has 0 unspecified atom stereocenters. The molecule has 3 aromatic carbocycles. The number of fused-ring (bicyclic) bond motifs is 1. The van der Waals surface area contributed by atoms with E-state index in [2.05, 4.69) is 5.32 Å². The van der Waals surface area contributed by atoms with Crippen molar-refractivity contribution < 1.29 is 9.18 Å². The third-order valence-corrected chi connectivity index (χ3v) is 4.82. The van der Waals surface area contributed by atoms with Crippen molar-refractivity contribution >= 4 is 34.1 Å². The molecule has 0 spiro atoms. The Kier molecular flexibility index (Phi) is 4.80. The van der Waals surface area contributed by atoms with Gasteiger partial charge in [0.15, 0.2) is 0 Å². The largest absolute Gasteiger partial charge is 0.322 e. The molecular formula is C23H16ClFN2O. The number of benzene rings is 3. The number of hydrogen-bond donors (Lipinski definition) is 1. The van der Waals surface area contributed by atoms with E-state index in [1.54, 1.807) is 24.3 Å². The summed E-state index contributed by atoms with van der Waals surface area (Å²) in [6, 6.07) is 20.6. The first-order valence-corrected chi connectivity index (χ1v) is 9.13. The summed E-state index contributed by atoms with van der Waals surface area (Å²) in [6.45, 7) is 1.86. The topological polar surface area (TPSA) is 42.0 Å². The van der Waals surface area contributed by atoms with Crippen LogP contribution in [0.1, 0.15) is 15.9 Å². The second-order valence-corrected chi connectivity index (χ2v) is 6.89. The van der Waals surface area contributed by atoms with Crippen LogP contribution < -0.4 is 5.32 Å². The van der Waals surface area contributed by atoms with E-state index in [-0.39, 0.29) is 5.91 Å². The fourth-order valence-corrected chi connectivity index (χ4v) is 3.37. The molecule has 0 fully saturated rings. The minimum Gasteiger partial charge on any atom is -0.322 e. The molecule has 0 atom stereocenters. The van der Waals surface area contributed by atoms with Gasteiger partial charge in [-0.05, 0) is 48.9 Å². The average molecular weight is 391 g/mol. The highest BCUT2D eigenvalue weighted by atomic mass is 35.5. The van der Waals surface area contributed by atoms with Gasteiger partial charge in [0.1, 0.15) is 5.82 Å². The van der Waals surface area contributed by atoms with Crippen LogP contribution in [0.2, 0.25) is 5.02 Å². The zero-order valence-electron chi connectivity index (χ0n) is 15.0. The predicted molar refractivity (Wildman–Crippen MR) is 111 cm³/mol. The van der Waals surface area contributed by atoms with Crippen molar-refractivity contribution in [3.05, 3.63) is 94.8 Å². The van der Waals surface area contributed by atoms with Crippen molar-refractivity contribution in [3.8, 4) is 11.3 Å². The molecule has 0 aliphatic rings. The van der Waals surface area contributed by atoms with Crippen molar-refractivity contribution in [2.75, 3.05) is 5.32 Å². The molecule has 5 heteroatoms. The van der Waals surface area contributed by atoms with Crippen LogP contribution in [0.4, 0.5) is 10.1 Å². The summed E-state index contributed by atoms with van der Waals surface area (Å²) in [5.41, 5.74) is 3.95. The van der Waals surface area contributed by atoms with E-state index < -0.39 is 5.82 Å². The Hall–Kier alpha value is -3.24. The van der Waals surface area contributed by atoms with E-state index in [4.69, 9.17) is 16.6 Å². The van der Waals surface area contributed by atoms with Crippen LogP contribution in [0, 0.1) is 12.7 Å². The number of amides is 1. The number of rotatable bonds is 3. The van der Waals surface area contributed by atoms with Crippen LogP contribution in [0.25, 0.3) is 22.2 Å². The number of hydrogen-bond acceptors (Lipinski definition) is 2. The number of nitrogens with one attached hydrogen (secondary N) is 1. The summed E-state index contributed by atoms with van der Waals surface area (Å²) in [5.74, 6) is -0.715. The Labute approximate surface area is 166 Å². The number of carbonyl (C=O) groups excluding carboxylic acids is 1. The van der Waals surface area contributed by atoms with E-state index in [0.717, 1.165) is 16.5 Å². The molecule has 1 amide bonds. The van der Waals surface area contributed by atoms with Crippen molar-refractivity contribution in [2.45, 2.75) is 6.92 Å². The molecule has 0 saturated carbocycles. The fourth-order valence-electron chi connectivity index (χ4n) is 3.25. The molecule has 0 aliphatic heterocycles. The number of pyridine rings is 1. The highest BCUT2D eigenvalue weighted by Crippen LogP contribution is 2.31. The number of anilines is 1. The summed E-state index contributed by atoms with van der Waals surface area (Å²) in [5, 5.41) is 4.17. The molecule has 0 radical (unpaired) electrons. The monoisotopic (exact) mass is 390 g/mol. The van der Waals surface area contributed by atoms with Gasteiger partial charge in [0, 0.05) is 21.7 Å². The Morgan fingerprint density at radius 1 is 1.00 bits per heavy atom. The van der Waals surface area contributed by atoms with Gasteiger partial charge in [-0.15, -0.1) is 0 Å². The quantitative estimate of drug-likeness (QED) is 0.449. The molecular weight excluding hydrogens is 375 g/mol. The Morgan fingerprint density at radius 3 is 2.50 bits per heavy atom. The minimum absolute atomic E-state index is 0.308. The third kappa shape index (κ3) is 3.47. The highest BCUT2D eigenvalue weighted by molar-refractivity contribution is 6.30. The van der Waals surface area contributed by atoms with E-state index in [1.807, 2.05) is 43.3 Å². The van der Waals surface area contributed by atoms with Crippen molar-refractivity contribution in [2.24, 2.45) is 0 Å². The van der Waals surface area contributed by atoms with Gasteiger partial charge >= 0.3 is 0 Å². The van der Waals surface area contributed by atoms with Crippen LogP contribution in [0.5, 0.6) is 0 Å². The first-order chi connectivity index (χ1) is 13.5. The molecule has 138 valence electrons. The lowest BCUT2D eigenvalue weighted by molar-refractivity contribution is 0.102. The number of halogens is 2. The van der Waals surface area contributed by atoms with Crippen molar-refractivity contribution in [3.63, 3.8) is 0 Å². The molecule has 1 aromatic heterocycles. The zero-order valence-corrected chi connectivity index (χ0v) is 15.8. The summed E-state index contributed by atoms with van der Waals surface area (Å²) < 4.78 is 13.5. The molecule has 0 saturated heterocycles. The minimum atomic E-state index is -0.407. The summed E-state index contributed by atoms with van der Waals surface area (Å²) in [7, 11) is 0. The molecule has 1 heterocycles. The average Bonchev–Trinajstić information content (AvgIpc) is 2.68. The lowest BCUT2D eigenvalue weighted by atomic mass is 9.97. The second kappa shape index (κ2) is 7.41. The van der Waals surface area contributed by atoms with E-state index in [1.165, 1.54) is 12.1 Å². The van der Waals surface area contributed by atoms with Gasteiger partial charge < -0.3 is 5.32 Å². The molecule has 4 rings (SSSR count). The highest BCUT2D eigenvalue weighted by Gasteiger charge is 2.19. The maximum atomic E-state index is 13.5. The maximum absolute atomic E-state index is 13.5. The van der Waals surface area contributed by atoms with Crippen LogP contribution in [0.3, 0.4) is 0 Å². The Bertz CT molecular complexity index is 1190. The fraction of sp³-hybridized carbons (Fsp3) is 0.0435. The van der Waals surface area contributed by atoms with Crippen molar-refractivity contribution in [1.29, 1.82) is 0 Å². The molecule has 1 N–H and O–H groups in total. The SMILES string of the molecule is Cc1c(-c2ccc(Cl)cc2)nc2ccccc2c1C(=O)Nc1cccc(F)c1. The van der Waals surface area contributed by atoms with Gasteiger partial charge in [-0.1, -0.05) is 48.0 Å².